The summed E-state index contributed by atoms with van der Waals surface area (Å²) >= 11 is 10.8. The minimum absolute atomic E-state index is 0.0489. The topological polar surface area (TPSA) is 156 Å². The Hall–Kier alpha value is -3.30. The second-order valence-corrected chi connectivity index (χ2v) is 14.2. The van der Waals surface area contributed by atoms with E-state index in [9.17, 15) is 24.3 Å². The average Bonchev–Trinajstić information content (AvgIpc) is 3.76. The number of anilines is 1. The van der Waals surface area contributed by atoms with Crippen LogP contribution in [0.5, 0.6) is 5.75 Å². The maximum atomic E-state index is 14.0. The lowest BCUT2D eigenvalue weighted by Gasteiger charge is -2.42. The Morgan fingerprint density at radius 1 is 1.28 bits per heavy atom. The molecule has 276 valence electrons. The molecule has 13 nitrogen and oxygen atoms in total. The van der Waals surface area contributed by atoms with Crippen molar-refractivity contribution in [3.63, 3.8) is 0 Å². The fourth-order valence-electron chi connectivity index (χ4n) is 6.49. The smallest absolute Gasteiger partial charge is 0.409 e. The van der Waals surface area contributed by atoms with Gasteiger partial charge in [-0.1, -0.05) is 42.3 Å². The number of epoxide rings is 1. The molecule has 8 atom stereocenters. The van der Waals surface area contributed by atoms with Crippen LogP contribution in [0.3, 0.4) is 0 Å². The van der Waals surface area contributed by atoms with Crippen molar-refractivity contribution in [2.75, 3.05) is 39.0 Å². The normalized spacial score (nSPS) is 32.3. The average molecular weight is 738 g/mol. The number of aliphatic hydroxyl groups is 1. The number of fused-ring (bicyclic) bond motifs is 5. The molecule has 2 saturated heterocycles. The van der Waals surface area contributed by atoms with E-state index in [2.05, 4.69) is 17.9 Å². The van der Waals surface area contributed by atoms with Crippen molar-refractivity contribution in [1.82, 2.24) is 10.2 Å². The van der Waals surface area contributed by atoms with Gasteiger partial charge >= 0.3 is 12.1 Å². The van der Waals surface area contributed by atoms with Crippen LogP contribution in [0.15, 0.2) is 35.9 Å². The van der Waals surface area contributed by atoms with E-state index in [0.717, 1.165) is 11.1 Å². The quantitative estimate of drug-likeness (QED) is 0.214. The minimum Gasteiger partial charge on any atom is -0.495 e. The summed E-state index contributed by atoms with van der Waals surface area (Å²) in [6.45, 7) is 6.96. The number of hydrogen-bond acceptors (Lipinski definition) is 11. The molecule has 50 heavy (non-hydrogen) atoms. The molecule has 1 aromatic carbocycles. The summed E-state index contributed by atoms with van der Waals surface area (Å²) < 4.78 is 29.0. The van der Waals surface area contributed by atoms with Crippen molar-refractivity contribution in [3.05, 3.63) is 46.5 Å². The van der Waals surface area contributed by atoms with Gasteiger partial charge in [-0.05, 0) is 50.6 Å². The van der Waals surface area contributed by atoms with E-state index in [1.54, 1.807) is 45.2 Å². The number of alkyl carbamates (subject to hydrolysis) is 1. The van der Waals surface area contributed by atoms with Crippen molar-refractivity contribution < 1.29 is 48.0 Å². The summed E-state index contributed by atoms with van der Waals surface area (Å²) in [5.41, 5.74) is -0.903. The van der Waals surface area contributed by atoms with Gasteiger partial charge in [0.05, 0.1) is 25.3 Å². The van der Waals surface area contributed by atoms with Crippen molar-refractivity contribution in [1.29, 1.82) is 0 Å². The van der Waals surface area contributed by atoms with Gasteiger partial charge in [-0.2, -0.15) is 12.6 Å². The first-order chi connectivity index (χ1) is 23.5. The number of benzene rings is 1. The van der Waals surface area contributed by atoms with Crippen LogP contribution in [0, 0.1) is 5.92 Å². The summed E-state index contributed by atoms with van der Waals surface area (Å²) in [5.74, 6) is -1.30. The number of esters is 1. The lowest BCUT2D eigenvalue weighted by Crippen LogP contribution is -2.63. The number of carbonyl (C=O) groups excluding carboxylic acids is 4. The minimum atomic E-state index is -1.82. The predicted molar refractivity (Wildman–Crippen MR) is 189 cm³/mol. The fourth-order valence-corrected chi connectivity index (χ4v) is 6.99. The van der Waals surface area contributed by atoms with Crippen LogP contribution in [0.2, 0.25) is 5.02 Å². The van der Waals surface area contributed by atoms with Gasteiger partial charge in [0.25, 0.3) is 0 Å². The molecule has 3 aliphatic rings. The third kappa shape index (κ3) is 8.42. The number of halogens is 1. The molecule has 3 amide bonds. The highest BCUT2D eigenvalue weighted by molar-refractivity contribution is 7.80. The molecule has 3 aliphatic heterocycles. The standard InChI is InChI=1S/C35H48ClN3O10S/c1-19-10-9-11-26(46-8)35(44)18-25(47-33(43)37-35)20(2)31-34(4,49-31)27(48-32(42)21(3)38(5)28(40)12-13-50)17-29(41)39(6)23-15-22(14-19)16-24(45-7)30(23)36/h9-11,15-16,20-21,25-27,31,44,50H,12-14,17-18H2,1-8H3,(H,37,43)/b11-9+,19-10+/t20-,21+,25+,26-,27+,31+,34?,35+/m1/s1. The van der Waals surface area contributed by atoms with Crippen molar-refractivity contribution in [2.24, 2.45) is 5.92 Å². The van der Waals surface area contributed by atoms with Gasteiger partial charge in [0.15, 0.2) is 5.72 Å². The van der Waals surface area contributed by atoms with E-state index < -0.39 is 65.7 Å². The molecule has 1 unspecified atom stereocenters. The first kappa shape index (κ1) is 39.5. The number of hydrogen-bond donors (Lipinski definition) is 3. The molecule has 0 radical (unpaired) electrons. The van der Waals surface area contributed by atoms with E-state index in [4.69, 9.17) is 35.3 Å². The number of ether oxygens (including phenoxy) is 5. The van der Waals surface area contributed by atoms with Gasteiger partial charge in [0.2, 0.25) is 11.8 Å². The highest BCUT2D eigenvalue weighted by Crippen LogP contribution is 2.49. The Balaban J connectivity index is 1.78. The van der Waals surface area contributed by atoms with E-state index in [-0.39, 0.29) is 30.2 Å². The van der Waals surface area contributed by atoms with Gasteiger partial charge in [-0.15, -0.1) is 0 Å². The third-order valence-electron chi connectivity index (χ3n) is 9.85. The van der Waals surface area contributed by atoms with Gasteiger partial charge < -0.3 is 38.6 Å². The van der Waals surface area contributed by atoms with E-state index in [1.807, 2.05) is 13.0 Å². The van der Waals surface area contributed by atoms with Crippen molar-refractivity contribution in [3.8, 4) is 5.75 Å². The zero-order valence-electron chi connectivity index (χ0n) is 29.7. The van der Waals surface area contributed by atoms with Gasteiger partial charge in [-0.25, -0.2) is 9.59 Å². The number of allylic oxidation sites excluding steroid dienone is 3. The van der Waals surface area contributed by atoms with Gasteiger partial charge in [-0.3, -0.25) is 14.9 Å². The first-order valence-electron chi connectivity index (χ1n) is 16.4. The third-order valence-corrected chi connectivity index (χ3v) is 10.5. The summed E-state index contributed by atoms with van der Waals surface area (Å²) in [5, 5.41) is 14.4. The predicted octanol–water partition coefficient (Wildman–Crippen LogP) is 3.83. The van der Waals surface area contributed by atoms with Crippen LogP contribution in [-0.4, -0.2) is 110 Å². The summed E-state index contributed by atoms with van der Waals surface area (Å²) in [4.78, 5) is 55.6. The molecular formula is C35H48ClN3O10S. The lowest BCUT2D eigenvalue weighted by atomic mass is 9.83. The number of methoxy groups -OCH3 is 2. The number of carbonyl (C=O) groups is 4. The Labute approximate surface area is 303 Å². The molecule has 0 spiro atoms. The molecule has 15 heteroatoms. The van der Waals surface area contributed by atoms with Crippen LogP contribution >= 0.6 is 24.2 Å². The number of likely N-dealkylation sites (N-methyl/N-ethyl adjacent to an activating group) is 1. The molecular weight excluding hydrogens is 690 g/mol. The molecule has 0 saturated carbocycles. The van der Waals surface area contributed by atoms with Crippen LogP contribution in [0.1, 0.15) is 52.5 Å². The Morgan fingerprint density at radius 2 is 1.98 bits per heavy atom. The van der Waals surface area contributed by atoms with E-state index in [1.165, 1.54) is 38.0 Å². The summed E-state index contributed by atoms with van der Waals surface area (Å²) in [7, 11) is 5.98. The van der Waals surface area contributed by atoms with E-state index in [0.29, 0.717) is 23.6 Å². The van der Waals surface area contributed by atoms with Gasteiger partial charge in [0, 0.05) is 40.0 Å². The largest absolute Gasteiger partial charge is 0.495 e. The first-order valence-corrected chi connectivity index (χ1v) is 17.5. The van der Waals surface area contributed by atoms with Crippen LogP contribution in [-0.2, 0) is 39.8 Å². The molecule has 0 aromatic heterocycles. The van der Waals surface area contributed by atoms with Crippen LogP contribution in [0.4, 0.5) is 10.5 Å². The highest BCUT2D eigenvalue weighted by Gasteiger charge is 2.64. The summed E-state index contributed by atoms with van der Waals surface area (Å²) in [6.07, 6.45) is 1.08. The molecule has 0 aliphatic carbocycles. The fraction of sp³-hybridized carbons (Fsp3) is 0.600. The highest BCUT2D eigenvalue weighted by atomic mass is 35.5. The number of nitrogens with one attached hydrogen (secondary N) is 1. The number of thiol groups is 1. The number of rotatable bonds is 7. The molecule has 2 fully saturated rings. The molecule has 4 rings (SSSR count). The second-order valence-electron chi connectivity index (χ2n) is 13.4. The second kappa shape index (κ2) is 15.9. The molecule has 4 bridgehead atoms. The van der Waals surface area contributed by atoms with Crippen LogP contribution < -0.4 is 15.0 Å². The Kier molecular flexibility index (Phi) is 12.6. The zero-order chi connectivity index (χ0) is 37.1. The molecule has 2 N–H and O–H groups in total. The van der Waals surface area contributed by atoms with E-state index >= 15 is 0 Å². The maximum Gasteiger partial charge on any atom is 0.409 e. The van der Waals surface area contributed by atoms with Gasteiger partial charge in [0.1, 0.15) is 40.7 Å². The SMILES string of the molecule is COc1cc2cc(c1Cl)N(C)C(=O)C[C@H](OC(=O)[C@H](C)N(C)C(=O)CCS)C1(C)O[C@H]1[C@H](C)[C@@H]1C[C@@](O)(NC(=O)O1)[C@H](OC)/C=C/C=C(\C)C2. The van der Waals surface area contributed by atoms with Crippen molar-refractivity contribution in [2.45, 2.75) is 95.2 Å². The van der Waals surface area contributed by atoms with Crippen LogP contribution in [0.25, 0.3) is 0 Å². The number of nitrogens with zero attached hydrogens (tertiary/aromatic N) is 2. The van der Waals surface area contributed by atoms with Crippen molar-refractivity contribution >= 4 is 53.8 Å². The molecule has 3 heterocycles. The number of amides is 3. The zero-order valence-corrected chi connectivity index (χ0v) is 31.4. The summed E-state index contributed by atoms with van der Waals surface area (Å²) in [6, 6.07) is 2.60. The lowest BCUT2D eigenvalue weighted by molar-refractivity contribution is -0.161. The Bertz CT molecular complexity index is 1540. The monoisotopic (exact) mass is 737 g/mol. The molecule has 1 aromatic rings. The maximum absolute atomic E-state index is 14.0. The Morgan fingerprint density at radius 3 is 2.62 bits per heavy atom.